The van der Waals surface area contributed by atoms with E-state index in [-0.39, 0.29) is 5.41 Å². The number of hydrogen-bond donors (Lipinski definition) is 1. The lowest BCUT2D eigenvalue weighted by atomic mass is 9.44. The van der Waals surface area contributed by atoms with Crippen LogP contribution in [-0.2, 0) is 4.79 Å². The molecule has 4 aliphatic rings. The van der Waals surface area contributed by atoms with Crippen LogP contribution in [0.25, 0.3) is 0 Å². The molecule has 4 rings (SSSR count). The quantitative estimate of drug-likeness (QED) is 0.716. The van der Waals surface area contributed by atoms with Gasteiger partial charge >= 0.3 is 0 Å². The van der Waals surface area contributed by atoms with Gasteiger partial charge in [0, 0.05) is 11.8 Å². The fraction of sp³-hybridized carbons (Fsp3) is 0.727. The van der Waals surface area contributed by atoms with Crippen molar-refractivity contribution < 1.29 is 9.90 Å². The van der Waals surface area contributed by atoms with Gasteiger partial charge in [-0.2, -0.15) is 0 Å². The van der Waals surface area contributed by atoms with Crippen molar-refractivity contribution >= 4 is 5.78 Å². The lowest BCUT2D eigenvalue weighted by Crippen LogP contribution is -2.56. The lowest BCUT2D eigenvalue weighted by Gasteiger charge is -2.60. The highest BCUT2D eigenvalue weighted by Gasteiger charge is 2.64. The summed E-state index contributed by atoms with van der Waals surface area (Å²) in [4.78, 5) is 11.8. The molecule has 0 bridgehead atoms. The Morgan fingerprint density at radius 1 is 1.17 bits per heavy atom. The van der Waals surface area contributed by atoms with Crippen LogP contribution in [0.2, 0.25) is 0 Å². The number of rotatable bonds is 1. The molecule has 0 aromatic heterocycles. The lowest BCUT2D eigenvalue weighted by molar-refractivity contribution is -0.127. The molecule has 3 saturated carbocycles. The van der Waals surface area contributed by atoms with Gasteiger partial charge in [0.05, 0.1) is 5.60 Å². The van der Waals surface area contributed by atoms with E-state index in [2.05, 4.69) is 26.2 Å². The Bertz CT molecular complexity index is 655. The van der Waals surface area contributed by atoms with Crippen molar-refractivity contribution in [3.63, 3.8) is 0 Å². The molecular formula is C22H30O2. The second-order valence-electron chi connectivity index (χ2n) is 9.26. The molecule has 2 heteroatoms. The molecule has 24 heavy (non-hydrogen) atoms. The highest BCUT2D eigenvalue weighted by atomic mass is 16.3. The maximum absolute atomic E-state index is 11.8. The van der Waals surface area contributed by atoms with Crippen LogP contribution in [-0.4, -0.2) is 16.5 Å². The average molecular weight is 326 g/mol. The van der Waals surface area contributed by atoms with Gasteiger partial charge < -0.3 is 5.11 Å². The summed E-state index contributed by atoms with van der Waals surface area (Å²) in [5, 5.41) is 11.3. The van der Waals surface area contributed by atoms with E-state index in [4.69, 9.17) is 0 Å². The van der Waals surface area contributed by atoms with E-state index >= 15 is 0 Å². The summed E-state index contributed by atoms with van der Waals surface area (Å²) in [5.41, 5.74) is 3.81. The number of aliphatic hydroxyl groups is 1. The van der Waals surface area contributed by atoms with Crippen LogP contribution in [0.15, 0.2) is 30.0 Å². The predicted molar refractivity (Wildman–Crippen MR) is 95.4 cm³/mol. The minimum Gasteiger partial charge on any atom is -0.385 e. The SMILES string of the molecule is C=C=C[C@]1(O)CC[C@H]2[C@@H]3CCC4=CC(=O)CC[C@@H]4[C@@]3(C)CC[C@@]21C. The molecule has 6 atom stereocenters. The van der Waals surface area contributed by atoms with Crippen LogP contribution >= 0.6 is 0 Å². The van der Waals surface area contributed by atoms with Gasteiger partial charge in [0.1, 0.15) is 0 Å². The average Bonchev–Trinajstić information content (AvgIpc) is 2.79. The molecule has 0 radical (unpaired) electrons. The molecular weight excluding hydrogens is 296 g/mol. The molecule has 0 saturated heterocycles. The van der Waals surface area contributed by atoms with Crippen molar-refractivity contribution in [2.45, 2.75) is 70.8 Å². The summed E-state index contributed by atoms with van der Waals surface area (Å²) in [6, 6.07) is 0. The Kier molecular flexibility index (Phi) is 3.54. The number of allylic oxidation sites excluding steroid dienone is 1. The highest BCUT2D eigenvalue weighted by molar-refractivity contribution is 5.91. The second-order valence-corrected chi connectivity index (χ2v) is 9.26. The molecule has 130 valence electrons. The smallest absolute Gasteiger partial charge is 0.155 e. The molecule has 0 heterocycles. The highest BCUT2D eigenvalue weighted by Crippen LogP contribution is 2.69. The van der Waals surface area contributed by atoms with Crippen LogP contribution in [0, 0.1) is 28.6 Å². The normalized spacial score (nSPS) is 50.2. The van der Waals surface area contributed by atoms with Gasteiger partial charge in [-0.1, -0.05) is 26.0 Å². The van der Waals surface area contributed by atoms with E-state index in [1.807, 2.05) is 12.2 Å². The summed E-state index contributed by atoms with van der Waals surface area (Å²) in [6.07, 6.45) is 12.0. The van der Waals surface area contributed by atoms with E-state index in [9.17, 15) is 9.90 Å². The third-order valence-corrected chi connectivity index (χ3v) is 8.51. The minimum atomic E-state index is -0.737. The predicted octanol–water partition coefficient (Wildman–Crippen LogP) is 4.59. The zero-order valence-corrected chi connectivity index (χ0v) is 15.1. The van der Waals surface area contributed by atoms with Crippen LogP contribution in [0.1, 0.15) is 65.2 Å². The first-order chi connectivity index (χ1) is 11.3. The van der Waals surface area contributed by atoms with Gasteiger partial charge in [-0.3, -0.25) is 4.79 Å². The van der Waals surface area contributed by atoms with Crippen LogP contribution in [0.3, 0.4) is 0 Å². The first kappa shape index (κ1) is 16.4. The van der Waals surface area contributed by atoms with Gasteiger partial charge in [-0.25, -0.2) is 0 Å². The monoisotopic (exact) mass is 326 g/mol. The van der Waals surface area contributed by atoms with Crippen LogP contribution in [0.4, 0.5) is 0 Å². The fourth-order valence-corrected chi connectivity index (χ4v) is 7.06. The number of ketones is 1. The standard InChI is InChI=1S/C22H30O2/c1-4-10-22(24)11-9-19-18-7-5-15-14-16(23)6-8-17(15)20(18,2)12-13-21(19,22)3/h10,14,17-19,24H,1,5-9,11-13H2,2-3H3/t17-,18-,19-,20+,21-,22-/m0/s1. The molecule has 0 spiro atoms. The number of carbonyl (C=O) groups is 1. The molecule has 0 amide bonds. The topological polar surface area (TPSA) is 37.3 Å². The van der Waals surface area contributed by atoms with Gasteiger partial charge in [-0.15, -0.1) is 5.73 Å². The fourth-order valence-electron chi connectivity index (χ4n) is 7.06. The zero-order chi connectivity index (χ0) is 17.2. The summed E-state index contributed by atoms with van der Waals surface area (Å²) in [6.45, 7) is 8.49. The molecule has 1 N–H and O–H groups in total. The molecule has 0 aromatic carbocycles. The summed E-state index contributed by atoms with van der Waals surface area (Å²) < 4.78 is 0. The van der Waals surface area contributed by atoms with E-state index < -0.39 is 5.60 Å². The van der Waals surface area contributed by atoms with Gasteiger partial charge in [-0.05, 0) is 80.3 Å². The summed E-state index contributed by atoms with van der Waals surface area (Å²) in [7, 11) is 0. The van der Waals surface area contributed by atoms with E-state index in [0.29, 0.717) is 29.0 Å². The third kappa shape index (κ3) is 1.96. The van der Waals surface area contributed by atoms with E-state index in [1.54, 1.807) is 0 Å². The van der Waals surface area contributed by atoms with E-state index in [0.717, 1.165) is 44.9 Å². The van der Waals surface area contributed by atoms with Crippen molar-refractivity contribution in [2.75, 3.05) is 0 Å². The van der Waals surface area contributed by atoms with Crippen molar-refractivity contribution in [3.05, 3.63) is 30.0 Å². The third-order valence-electron chi connectivity index (χ3n) is 8.51. The van der Waals surface area contributed by atoms with Crippen LogP contribution in [0.5, 0.6) is 0 Å². The Hall–Kier alpha value is -1.11. The van der Waals surface area contributed by atoms with Crippen molar-refractivity contribution in [3.8, 4) is 0 Å². The first-order valence-corrected chi connectivity index (χ1v) is 9.67. The molecule has 0 unspecified atom stereocenters. The first-order valence-electron chi connectivity index (χ1n) is 9.67. The maximum atomic E-state index is 11.8. The van der Waals surface area contributed by atoms with Crippen molar-refractivity contribution in [1.82, 2.24) is 0 Å². The molecule has 2 nitrogen and oxygen atoms in total. The Labute approximate surface area is 145 Å². The largest absolute Gasteiger partial charge is 0.385 e. The molecule has 0 aliphatic heterocycles. The van der Waals surface area contributed by atoms with Crippen LogP contribution < -0.4 is 0 Å². The molecule has 4 aliphatic carbocycles. The Balaban J connectivity index is 1.71. The second kappa shape index (κ2) is 5.19. The Morgan fingerprint density at radius 3 is 2.71 bits per heavy atom. The zero-order valence-electron chi connectivity index (χ0n) is 15.1. The van der Waals surface area contributed by atoms with Crippen molar-refractivity contribution in [2.24, 2.45) is 28.6 Å². The number of carbonyl (C=O) groups excluding carboxylic acids is 1. The minimum absolute atomic E-state index is 0.0480. The summed E-state index contributed by atoms with van der Waals surface area (Å²) >= 11 is 0. The molecule has 3 fully saturated rings. The maximum Gasteiger partial charge on any atom is 0.155 e. The van der Waals surface area contributed by atoms with E-state index in [1.165, 1.54) is 12.0 Å². The number of fused-ring (bicyclic) bond motifs is 5. The van der Waals surface area contributed by atoms with Gasteiger partial charge in [0.25, 0.3) is 0 Å². The summed E-state index contributed by atoms with van der Waals surface area (Å²) in [5.74, 6) is 2.15. The van der Waals surface area contributed by atoms with Gasteiger partial charge in [0.15, 0.2) is 5.78 Å². The van der Waals surface area contributed by atoms with Gasteiger partial charge in [0.2, 0.25) is 0 Å². The van der Waals surface area contributed by atoms with Crippen molar-refractivity contribution in [1.29, 1.82) is 0 Å². The Morgan fingerprint density at radius 2 is 1.96 bits per heavy atom. The molecule has 0 aromatic rings. The number of hydrogen-bond acceptors (Lipinski definition) is 2.